The number of nitrogens with zero attached hydrogens (tertiary/aromatic N) is 3. The van der Waals surface area contributed by atoms with Crippen LogP contribution in [0.25, 0.3) is 0 Å². The lowest BCUT2D eigenvalue weighted by Crippen LogP contribution is -2.29. The number of hydrogen-bond donors (Lipinski definition) is 1. The van der Waals surface area contributed by atoms with Crippen LogP contribution < -0.4 is 10.2 Å². The second kappa shape index (κ2) is 3.38. The molecule has 2 heterocycles. The summed E-state index contributed by atoms with van der Waals surface area (Å²) < 4.78 is 1.85. The summed E-state index contributed by atoms with van der Waals surface area (Å²) in [6.45, 7) is 2.24. The molecule has 1 aromatic heterocycles. The van der Waals surface area contributed by atoms with Crippen molar-refractivity contribution in [2.45, 2.75) is 12.5 Å². The summed E-state index contributed by atoms with van der Waals surface area (Å²) in [4.78, 5) is 2.37. The van der Waals surface area contributed by atoms with Crippen LogP contribution in [0.5, 0.6) is 0 Å². The topological polar surface area (TPSA) is 33.1 Å². The van der Waals surface area contributed by atoms with Crippen molar-refractivity contribution in [3.05, 3.63) is 12.4 Å². The fourth-order valence-electron chi connectivity index (χ4n) is 1.80. The number of aryl methyl sites for hydroxylation is 1. The Morgan fingerprint density at radius 2 is 2.46 bits per heavy atom. The highest BCUT2D eigenvalue weighted by molar-refractivity contribution is 5.43. The van der Waals surface area contributed by atoms with Gasteiger partial charge in [-0.15, -0.1) is 0 Å². The van der Waals surface area contributed by atoms with Gasteiger partial charge in [-0.1, -0.05) is 0 Å². The normalized spacial score (nSPS) is 22.6. The molecule has 72 valence electrons. The summed E-state index contributed by atoms with van der Waals surface area (Å²) in [6, 6.07) is 0.639. The predicted octanol–water partition coefficient (Wildman–Crippen LogP) is 0.218. The Morgan fingerprint density at radius 3 is 3.00 bits per heavy atom. The Hall–Kier alpha value is -1.03. The van der Waals surface area contributed by atoms with Crippen LogP contribution >= 0.6 is 0 Å². The van der Waals surface area contributed by atoms with Crippen molar-refractivity contribution in [1.29, 1.82) is 0 Å². The van der Waals surface area contributed by atoms with Gasteiger partial charge in [-0.3, -0.25) is 4.68 Å². The summed E-state index contributed by atoms with van der Waals surface area (Å²) in [5.41, 5.74) is 1.24. The molecule has 0 aliphatic carbocycles. The first kappa shape index (κ1) is 8.56. The number of likely N-dealkylation sites (N-methyl/N-ethyl adjacent to an activating group) is 1. The first-order valence-electron chi connectivity index (χ1n) is 4.70. The standard InChI is InChI=1S/C9H16N4/c1-10-8-3-4-13(6-8)9-5-11-12(2)7-9/h5,7-8,10H,3-4,6H2,1-2H3. The molecule has 1 unspecified atom stereocenters. The van der Waals surface area contributed by atoms with Gasteiger partial charge in [0.25, 0.3) is 0 Å². The Morgan fingerprint density at radius 1 is 1.62 bits per heavy atom. The molecule has 1 aromatic rings. The van der Waals surface area contributed by atoms with Crippen molar-refractivity contribution in [3.63, 3.8) is 0 Å². The van der Waals surface area contributed by atoms with E-state index in [0.717, 1.165) is 13.1 Å². The molecule has 0 aromatic carbocycles. The van der Waals surface area contributed by atoms with Crippen LogP contribution in [0.15, 0.2) is 12.4 Å². The molecule has 13 heavy (non-hydrogen) atoms. The van der Waals surface area contributed by atoms with Crippen molar-refractivity contribution in [2.24, 2.45) is 7.05 Å². The number of nitrogens with one attached hydrogen (secondary N) is 1. The molecule has 1 atom stereocenters. The first-order chi connectivity index (χ1) is 6.29. The maximum atomic E-state index is 4.17. The molecular weight excluding hydrogens is 164 g/mol. The van der Waals surface area contributed by atoms with E-state index in [9.17, 15) is 0 Å². The Bertz CT molecular complexity index is 281. The predicted molar refractivity (Wildman–Crippen MR) is 52.9 cm³/mol. The molecule has 0 radical (unpaired) electrons. The van der Waals surface area contributed by atoms with Crippen molar-refractivity contribution in [1.82, 2.24) is 15.1 Å². The third-order valence-electron chi connectivity index (χ3n) is 2.65. The second-order valence-electron chi connectivity index (χ2n) is 3.59. The number of anilines is 1. The van der Waals surface area contributed by atoms with Gasteiger partial charge in [-0.05, 0) is 13.5 Å². The average molecular weight is 180 g/mol. The molecule has 0 spiro atoms. The fourth-order valence-corrected chi connectivity index (χ4v) is 1.80. The van der Waals surface area contributed by atoms with Crippen LogP contribution in [0.2, 0.25) is 0 Å². The monoisotopic (exact) mass is 180 g/mol. The van der Waals surface area contributed by atoms with E-state index in [0.29, 0.717) is 6.04 Å². The van der Waals surface area contributed by atoms with E-state index >= 15 is 0 Å². The summed E-state index contributed by atoms with van der Waals surface area (Å²) >= 11 is 0. The minimum Gasteiger partial charge on any atom is -0.367 e. The molecule has 1 fully saturated rings. The molecule has 1 N–H and O–H groups in total. The van der Waals surface area contributed by atoms with Crippen molar-refractivity contribution in [3.8, 4) is 0 Å². The maximum Gasteiger partial charge on any atom is 0.0752 e. The van der Waals surface area contributed by atoms with E-state index in [1.807, 2.05) is 25.0 Å². The average Bonchev–Trinajstić information content (AvgIpc) is 2.71. The molecule has 4 heteroatoms. The first-order valence-corrected chi connectivity index (χ1v) is 4.70. The molecule has 1 aliphatic rings. The quantitative estimate of drug-likeness (QED) is 0.706. The lowest BCUT2D eigenvalue weighted by Gasteiger charge is -2.15. The lowest BCUT2D eigenvalue weighted by atomic mass is 10.3. The van der Waals surface area contributed by atoms with Crippen LogP contribution in [-0.2, 0) is 7.05 Å². The van der Waals surface area contributed by atoms with E-state index in [2.05, 4.69) is 21.5 Å². The molecule has 0 bridgehead atoms. The molecule has 1 aliphatic heterocycles. The van der Waals surface area contributed by atoms with E-state index < -0.39 is 0 Å². The number of aromatic nitrogens is 2. The minimum absolute atomic E-state index is 0.639. The van der Waals surface area contributed by atoms with Crippen LogP contribution in [-0.4, -0.2) is 36.0 Å². The zero-order chi connectivity index (χ0) is 9.26. The highest BCUT2D eigenvalue weighted by Gasteiger charge is 2.21. The maximum absolute atomic E-state index is 4.17. The van der Waals surface area contributed by atoms with E-state index in [1.165, 1.54) is 12.1 Å². The molecule has 2 rings (SSSR count). The SMILES string of the molecule is CNC1CCN(c2cnn(C)c2)C1. The van der Waals surface area contributed by atoms with Crippen LogP contribution in [0.4, 0.5) is 5.69 Å². The fraction of sp³-hybridized carbons (Fsp3) is 0.667. The zero-order valence-electron chi connectivity index (χ0n) is 8.20. The Kier molecular flexibility index (Phi) is 2.22. The van der Waals surface area contributed by atoms with Gasteiger partial charge in [-0.2, -0.15) is 5.10 Å². The van der Waals surface area contributed by atoms with E-state index in [1.54, 1.807) is 0 Å². The molecular formula is C9H16N4. The largest absolute Gasteiger partial charge is 0.367 e. The van der Waals surface area contributed by atoms with Crippen LogP contribution in [0.3, 0.4) is 0 Å². The minimum atomic E-state index is 0.639. The third kappa shape index (κ3) is 1.67. The molecule has 1 saturated heterocycles. The number of rotatable bonds is 2. The Balaban J connectivity index is 2.03. The van der Waals surface area contributed by atoms with Gasteiger partial charge in [0.15, 0.2) is 0 Å². The molecule has 0 amide bonds. The third-order valence-corrected chi connectivity index (χ3v) is 2.65. The zero-order valence-corrected chi connectivity index (χ0v) is 8.20. The number of hydrogen-bond acceptors (Lipinski definition) is 3. The summed E-state index contributed by atoms with van der Waals surface area (Å²) in [5.74, 6) is 0. The molecule has 4 nitrogen and oxygen atoms in total. The summed E-state index contributed by atoms with van der Waals surface area (Å²) in [6.07, 6.45) is 5.22. The van der Waals surface area contributed by atoms with Crippen molar-refractivity contribution in [2.75, 3.05) is 25.0 Å². The smallest absolute Gasteiger partial charge is 0.0752 e. The van der Waals surface area contributed by atoms with Gasteiger partial charge in [0.2, 0.25) is 0 Å². The van der Waals surface area contributed by atoms with Gasteiger partial charge in [0, 0.05) is 32.4 Å². The Labute approximate surface area is 78.5 Å². The summed E-state index contributed by atoms with van der Waals surface area (Å²) in [7, 11) is 3.98. The van der Waals surface area contributed by atoms with E-state index in [4.69, 9.17) is 0 Å². The van der Waals surface area contributed by atoms with Gasteiger partial charge in [0.1, 0.15) is 0 Å². The molecule has 0 saturated carbocycles. The van der Waals surface area contributed by atoms with Crippen molar-refractivity contribution < 1.29 is 0 Å². The summed E-state index contributed by atoms with van der Waals surface area (Å²) in [5, 5.41) is 7.47. The lowest BCUT2D eigenvalue weighted by molar-refractivity contribution is 0.617. The van der Waals surface area contributed by atoms with Gasteiger partial charge < -0.3 is 10.2 Å². The van der Waals surface area contributed by atoms with Crippen LogP contribution in [0.1, 0.15) is 6.42 Å². The highest BCUT2D eigenvalue weighted by Crippen LogP contribution is 2.18. The van der Waals surface area contributed by atoms with Gasteiger partial charge in [0.05, 0.1) is 11.9 Å². The van der Waals surface area contributed by atoms with Gasteiger partial charge >= 0.3 is 0 Å². The van der Waals surface area contributed by atoms with Crippen LogP contribution in [0, 0.1) is 0 Å². The van der Waals surface area contributed by atoms with E-state index in [-0.39, 0.29) is 0 Å². The highest BCUT2D eigenvalue weighted by atomic mass is 15.3. The van der Waals surface area contributed by atoms with Gasteiger partial charge in [-0.25, -0.2) is 0 Å². The van der Waals surface area contributed by atoms with Crippen molar-refractivity contribution >= 4 is 5.69 Å². The second-order valence-corrected chi connectivity index (χ2v) is 3.59.